The van der Waals surface area contributed by atoms with Gasteiger partial charge in [-0.3, -0.25) is 9.36 Å². The maximum atomic E-state index is 12.1. The minimum atomic E-state index is -0.746. The molecule has 0 amide bonds. The summed E-state index contributed by atoms with van der Waals surface area (Å²) >= 11 is 0. The van der Waals surface area contributed by atoms with Crippen molar-refractivity contribution in [2.24, 2.45) is 0 Å². The van der Waals surface area contributed by atoms with Crippen molar-refractivity contribution in [1.29, 1.82) is 0 Å². The second kappa shape index (κ2) is 8.15. The maximum Gasteiger partial charge on any atom is 0.313 e. The number of imidazole rings is 1. The monoisotopic (exact) mass is 382 g/mol. The number of ether oxygens (including phenoxy) is 1. The molecule has 144 valence electrons. The highest BCUT2D eigenvalue weighted by molar-refractivity contribution is 5.71. The fourth-order valence-corrected chi connectivity index (χ4v) is 3.75. The van der Waals surface area contributed by atoms with Crippen LogP contribution in [-0.4, -0.2) is 15.5 Å². The van der Waals surface area contributed by atoms with E-state index >= 15 is 0 Å². The Kier molecular flexibility index (Phi) is 5.25. The van der Waals surface area contributed by atoms with E-state index in [0.29, 0.717) is 0 Å². The molecule has 0 fully saturated rings. The lowest BCUT2D eigenvalue weighted by Crippen LogP contribution is -2.38. The Bertz CT molecular complexity index is 977. The summed E-state index contributed by atoms with van der Waals surface area (Å²) in [5.74, 6) is -0.319. The van der Waals surface area contributed by atoms with Crippen molar-refractivity contribution in [3.63, 3.8) is 0 Å². The quantitative estimate of drug-likeness (QED) is 0.347. The number of aromatic nitrogens is 2. The zero-order valence-electron chi connectivity index (χ0n) is 16.2. The summed E-state index contributed by atoms with van der Waals surface area (Å²) in [4.78, 5) is 16.5. The van der Waals surface area contributed by atoms with Gasteiger partial charge < -0.3 is 4.74 Å². The van der Waals surface area contributed by atoms with E-state index < -0.39 is 5.54 Å². The van der Waals surface area contributed by atoms with E-state index in [1.54, 1.807) is 13.1 Å². The largest absolute Gasteiger partial charge is 0.392 e. The molecule has 0 unspecified atom stereocenters. The average Bonchev–Trinajstić information content (AvgIpc) is 3.25. The Morgan fingerprint density at radius 2 is 1.28 bits per heavy atom. The van der Waals surface area contributed by atoms with Crippen molar-refractivity contribution in [3.05, 3.63) is 120 Å². The molecule has 4 aromatic rings. The van der Waals surface area contributed by atoms with Gasteiger partial charge in [-0.05, 0) is 16.7 Å². The van der Waals surface area contributed by atoms with Gasteiger partial charge in [0, 0.05) is 18.8 Å². The summed E-state index contributed by atoms with van der Waals surface area (Å²) in [6.45, 7) is 1.77. The van der Waals surface area contributed by atoms with Gasteiger partial charge in [-0.15, -0.1) is 0 Å². The summed E-state index contributed by atoms with van der Waals surface area (Å²) in [6, 6.07) is 30.9. The molecule has 4 heteroatoms. The lowest BCUT2D eigenvalue weighted by Gasteiger charge is -2.37. The second-order valence-corrected chi connectivity index (χ2v) is 6.72. The molecule has 0 saturated heterocycles. The summed E-state index contributed by atoms with van der Waals surface area (Å²) in [7, 11) is 0. The number of esters is 1. The molecule has 3 aromatic carbocycles. The molecular formula is C25H22N2O2. The van der Waals surface area contributed by atoms with Crippen LogP contribution in [0.1, 0.15) is 30.0 Å². The molecule has 0 bridgehead atoms. The van der Waals surface area contributed by atoms with Gasteiger partial charge in [0.05, 0.1) is 0 Å². The van der Waals surface area contributed by atoms with Crippen LogP contribution >= 0.6 is 0 Å². The van der Waals surface area contributed by atoms with Gasteiger partial charge in [0.15, 0.2) is 0 Å². The average molecular weight is 382 g/mol. The van der Waals surface area contributed by atoms with Crippen LogP contribution in [0.4, 0.5) is 0 Å². The van der Waals surface area contributed by atoms with Crippen LogP contribution in [0.3, 0.4) is 0 Å². The highest BCUT2D eigenvalue weighted by atomic mass is 16.5. The molecule has 1 heterocycles. The summed E-state index contributed by atoms with van der Waals surface area (Å²) < 4.78 is 7.56. The minimum absolute atomic E-state index is 0.272. The van der Waals surface area contributed by atoms with Crippen molar-refractivity contribution >= 4 is 5.97 Å². The fourth-order valence-electron chi connectivity index (χ4n) is 3.75. The standard InChI is InChI=1S/C25H22N2O2/c1-2-23(28)29-24-26-18-19-27(24)25(20-12-6-3-7-13-20,21-14-8-4-9-15-21)22-16-10-5-11-17-22/h3-19H,2H2,1H3. The molecule has 4 nitrogen and oxygen atoms in total. The van der Waals surface area contributed by atoms with Crippen molar-refractivity contribution in [3.8, 4) is 6.01 Å². The molecule has 0 aliphatic heterocycles. The van der Waals surface area contributed by atoms with Crippen molar-refractivity contribution in [2.75, 3.05) is 0 Å². The van der Waals surface area contributed by atoms with Crippen molar-refractivity contribution < 1.29 is 9.53 Å². The highest BCUT2D eigenvalue weighted by Gasteiger charge is 2.40. The van der Waals surface area contributed by atoms with Gasteiger partial charge in [0.1, 0.15) is 5.54 Å². The van der Waals surface area contributed by atoms with Crippen molar-refractivity contribution in [1.82, 2.24) is 9.55 Å². The fraction of sp³-hybridized carbons (Fsp3) is 0.120. The number of nitrogens with zero attached hydrogens (tertiary/aromatic N) is 2. The SMILES string of the molecule is CCC(=O)Oc1nccn1C(c1ccccc1)(c1ccccc1)c1ccccc1. The van der Waals surface area contributed by atoms with E-state index in [1.165, 1.54) is 0 Å². The molecule has 0 atom stereocenters. The van der Waals surface area contributed by atoms with Gasteiger partial charge in [-0.25, -0.2) is 4.98 Å². The Labute approximate surface area is 170 Å². The Morgan fingerprint density at radius 1 is 0.828 bits per heavy atom. The summed E-state index contributed by atoms with van der Waals surface area (Å²) in [5, 5.41) is 0. The number of carbonyl (C=O) groups excluding carboxylic acids is 1. The van der Waals surface area contributed by atoms with Gasteiger partial charge in [-0.2, -0.15) is 0 Å². The van der Waals surface area contributed by atoms with Crippen LogP contribution in [0, 0.1) is 0 Å². The molecule has 1 aromatic heterocycles. The van der Waals surface area contributed by atoms with Crippen LogP contribution in [0.15, 0.2) is 103 Å². The van der Waals surface area contributed by atoms with Gasteiger partial charge in [-0.1, -0.05) is 97.9 Å². The van der Waals surface area contributed by atoms with Gasteiger partial charge in [0.25, 0.3) is 0 Å². The molecule has 0 spiro atoms. The molecule has 0 radical (unpaired) electrons. The van der Waals surface area contributed by atoms with Crippen LogP contribution in [0.2, 0.25) is 0 Å². The van der Waals surface area contributed by atoms with Crippen LogP contribution in [0.5, 0.6) is 6.01 Å². The molecule has 0 aliphatic carbocycles. The highest BCUT2D eigenvalue weighted by Crippen LogP contribution is 2.42. The normalized spacial score (nSPS) is 11.2. The number of hydrogen-bond donors (Lipinski definition) is 0. The van der Waals surface area contributed by atoms with E-state index in [0.717, 1.165) is 16.7 Å². The third-order valence-electron chi connectivity index (χ3n) is 5.04. The van der Waals surface area contributed by atoms with Crippen LogP contribution in [-0.2, 0) is 10.3 Å². The number of hydrogen-bond acceptors (Lipinski definition) is 3. The van der Waals surface area contributed by atoms with E-state index in [4.69, 9.17) is 4.74 Å². The number of carbonyl (C=O) groups is 1. The van der Waals surface area contributed by atoms with E-state index in [-0.39, 0.29) is 18.4 Å². The molecule has 0 saturated carbocycles. The lowest BCUT2D eigenvalue weighted by atomic mass is 9.76. The maximum absolute atomic E-state index is 12.1. The minimum Gasteiger partial charge on any atom is -0.392 e. The summed E-state index contributed by atoms with van der Waals surface area (Å²) in [6.07, 6.45) is 3.81. The topological polar surface area (TPSA) is 44.1 Å². The first-order valence-corrected chi connectivity index (χ1v) is 9.68. The van der Waals surface area contributed by atoms with Crippen LogP contribution < -0.4 is 4.74 Å². The molecule has 4 rings (SSSR count). The first-order valence-electron chi connectivity index (χ1n) is 9.68. The zero-order chi connectivity index (χ0) is 20.1. The van der Waals surface area contributed by atoms with E-state index in [2.05, 4.69) is 41.4 Å². The first-order chi connectivity index (χ1) is 14.3. The van der Waals surface area contributed by atoms with Gasteiger partial charge >= 0.3 is 12.0 Å². The lowest BCUT2D eigenvalue weighted by molar-refractivity contribution is -0.134. The molecule has 0 N–H and O–H groups in total. The number of benzene rings is 3. The van der Waals surface area contributed by atoms with Gasteiger partial charge in [0.2, 0.25) is 0 Å². The first kappa shape index (κ1) is 18.7. The second-order valence-electron chi connectivity index (χ2n) is 6.72. The summed E-state index contributed by atoms with van der Waals surface area (Å²) in [5.41, 5.74) is 2.39. The smallest absolute Gasteiger partial charge is 0.313 e. The van der Waals surface area contributed by atoms with Crippen LogP contribution in [0.25, 0.3) is 0 Å². The molecule has 0 aliphatic rings. The zero-order valence-corrected chi connectivity index (χ0v) is 16.2. The Morgan fingerprint density at radius 3 is 1.69 bits per heavy atom. The number of rotatable bonds is 6. The van der Waals surface area contributed by atoms with E-state index in [9.17, 15) is 4.79 Å². The molecular weight excluding hydrogens is 360 g/mol. The van der Waals surface area contributed by atoms with Crippen molar-refractivity contribution in [2.45, 2.75) is 18.9 Å². The Balaban J connectivity index is 2.08. The predicted octanol–water partition coefficient (Wildman–Crippen LogP) is 5.04. The third kappa shape index (κ3) is 3.34. The third-order valence-corrected chi connectivity index (χ3v) is 5.04. The predicted molar refractivity (Wildman–Crippen MR) is 113 cm³/mol. The van der Waals surface area contributed by atoms with E-state index in [1.807, 2.05) is 65.4 Å². The Hall–Kier alpha value is -3.66. The molecule has 29 heavy (non-hydrogen) atoms.